The van der Waals surface area contributed by atoms with Gasteiger partial charge in [0.05, 0.1) is 48.8 Å². The maximum Gasteiger partial charge on any atom is 0.335 e. The van der Waals surface area contributed by atoms with Gasteiger partial charge in [-0.15, -0.1) is 0 Å². The number of carbonyl (C=O) groups excluding carboxylic acids is 2. The quantitative estimate of drug-likeness (QED) is 0.142. The minimum absolute atomic E-state index is 0.110. The molecule has 0 amide bonds. The third-order valence-electron chi connectivity index (χ3n) is 12.2. The highest BCUT2D eigenvalue weighted by Crippen LogP contribution is 2.77. The summed E-state index contributed by atoms with van der Waals surface area (Å²) in [6, 6.07) is 1.55. The number of carbonyl (C=O) groups is 3. The van der Waals surface area contributed by atoms with Crippen molar-refractivity contribution in [2.45, 2.75) is 114 Å². The molecule has 262 valence electrons. The van der Waals surface area contributed by atoms with Crippen LogP contribution in [-0.2, 0) is 33.3 Å². The van der Waals surface area contributed by atoms with E-state index in [4.69, 9.17) is 23.4 Å². The predicted octanol–water partition coefficient (Wildman–Crippen LogP) is -0.564. The third kappa shape index (κ3) is 4.62. The molecule has 5 fully saturated rings. The molecule has 0 aromatic carbocycles. The van der Waals surface area contributed by atoms with Crippen LogP contribution in [0.2, 0.25) is 0 Å². The van der Waals surface area contributed by atoms with Gasteiger partial charge in [-0.2, -0.15) is 0 Å². The fourth-order valence-corrected chi connectivity index (χ4v) is 9.96. The van der Waals surface area contributed by atoms with E-state index in [1.165, 1.54) is 26.4 Å². The number of hydrogen-bond acceptors (Lipinski definition) is 14. The van der Waals surface area contributed by atoms with Gasteiger partial charge in [-0.25, -0.2) is 4.79 Å². The number of carboxylic acid groups (broad SMARTS) is 1. The fourth-order valence-electron chi connectivity index (χ4n) is 9.96. The van der Waals surface area contributed by atoms with E-state index < -0.39 is 113 Å². The Balaban J connectivity index is 1.50. The van der Waals surface area contributed by atoms with Crippen molar-refractivity contribution in [1.82, 2.24) is 0 Å². The molecule has 3 saturated heterocycles. The number of carboxylic acids is 1. The second kappa shape index (κ2) is 11.3. The van der Waals surface area contributed by atoms with E-state index >= 15 is 0 Å². The van der Waals surface area contributed by atoms with Crippen LogP contribution in [0, 0.1) is 28.1 Å². The molecule has 14 atom stereocenters. The molecule has 3 aliphatic heterocycles. The Bertz CT molecular complexity index is 1390. The zero-order chi connectivity index (χ0) is 34.5. The van der Waals surface area contributed by atoms with E-state index in [1.807, 2.05) is 0 Å². The van der Waals surface area contributed by atoms with Gasteiger partial charge in [-0.1, -0.05) is 6.92 Å². The first-order valence-electron chi connectivity index (χ1n) is 15.9. The number of ketones is 1. The lowest BCUT2D eigenvalue weighted by molar-refractivity contribution is -0.329. The summed E-state index contributed by atoms with van der Waals surface area (Å²) < 4.78 is 29.2. The number of epoxide rings is 1. The van der Waals surface area contributed by atoms with Crippen LogP contribution in [0.4, 0.5) is 0 Å². The Labute approximate surface area is 270 Å². The molecular weight excluding hydrogens is 624 g/mol. The van der Waals surface area contributed by atoms with Crippen molar-refractivity contribution in [3.8, 4) is 0 Å². The summed E-state index contributed by atoms with van der Waals surface area (Å²) >= 11 is 0. The first-order chi connectivity index (χ1) is 21.9. The van der Waals surface area contributed by atoms with Crippen LogP contribution in [0.15, 0.2) is 23.0 Å². The van der Waals surface area contributed by atoms with Crippen molar-refractivity contribution in [1.29, 1.82) is 0 Å². The number of aliphatic carboxylic acids is 1. The number of hydrogen-bond donors (Lipinski definition) is 7. The first kappa shape index (κ1) is 34.4. The maximum atomic E-state index is 14.6. The second-order valence-electron chi connectivity index (χ2n) is 14.9. The van der Waals surface area contributed by atoms with E-state index in [0.717, 1.165) is 0 Å². The molecule has 0 unspecified atom stereocenters. The van der Waals surface area contributed by atoms with Gasteiger partial charge in [-0.05, 0) is 45.6 Å². The van der Waals surface area contributed by atoms with Gasteiger partial charge in [0.15, 0.2) is 12.4 Å². The Kier molecular flexibility index (Phi) is 8.26. The molecular formula is C32H44O15. The number of cyclic esters (lactones) is 1. The number of aliphatic hydroxyl groups excluding tert-OH is 5. The van der Waals surface area contributed by atoms with Crippen LogP contribution in [0.25, 0.3) is 0 Å². The molecule has 2 saturated carbocycles. The van der Waals surface area contributed by atoms with Gasteiger partial charge in [0.2, 0.25) is 0 Å². The SMILES string of the molecule is CC(C)(O)[C@@H]1CC(=O)[C@]2(C)[C@H](CC[C@@](C)([C@@H](O[C@@H]3O[C@H](CO)[C@@H](O)[C@H](O)[C@H]3O)c3ccoc3)[C@@]23O[C@@H]3C(=O)O)[C@]12COC(=O)C[C@@H]2O. The highest BCUT2D eigenvalue weighted by Gasteiger charge is 2.87. The minimum atomic E-state index is -1.80. The Morgan fingerprint density at radius 2 is 1.81 bits per heavy atom. The number of furan rings is 1. The summed E-state index contributed by atoms with van der Waals surface area (Å²) in [5.74, 6) is -4.07. The lowest BCUT2D eigenvalue weighted by Crippen LogP contribution is -2.74. The van der Waals surface area contributed by atoms with E-state index in [2.05, 4.69) is 0 Å². The van der Waals surface area contributed by atoms with Crippen molar-refractivity contribution in [3.63, 3.8) is 0 Å². The summed E-state index contributed by atoms with van der Waals surface area (Å²) in [6.45, 7) is 5.34. The lowest BCUT2D eigenvalue weighted by Gasteiger charge is -2.67. The highest BCUT2D eigenvalue weighted by molar-refractivity contribution is 5.92. The molecule has 0 bridgehead atoms. The fraction of sp³-hybridized carbons (Fsp3) is 0.781. The molecule has 1 aromatic heterocycles. The van der Waals surface area contributed by atoms with E-state index in [-0.39, 0.29) is 32.3 Å². The molecule has 15 nitrogen and oxygen atoms in total. The molecule has 0 radical (unpaired) electrons. The average molecular weight is 669 g/mol. The largest absolute Gasteiger partial charge is 0.479 e. The number of aliphatic hydroxyl groups is 6. The van der Waals surface area contributed by atoms with Gasteiger partial charge in [0.25, 0.3) is 0 Å². The van der Waals surface area contributed by atoms with Gasteiger partial charge in [0.1, 0.15) is 42.4 Å². The molecule has 1 aromatic rings. The van der Waals surface area contributed by atoms with Gasteiger partial charge in [0, 0.05) is 28.7 Å². The Morgan fingerprint density at radius 3 is 2.36 bits per heavy atom. The summed E-state index contributed by atoms with van der Waals surface area (Å²) in [6.07, 6.45) is -9.86. The molecule has 6 rings (SSSR count). The number of Topliss-reactive ketones (excluding diaryl/α,β-unsaturated/α-hetero) is 1. The topological polar surface area (TPSA) is 246 Å². The zero-order valence-electron chi connectivity index (χ0n) is 26.6. The lowest BCUT2D eigenvalue weighted by atomic mass is 9.36. The predicted molar refractivity (Wildman–Crippen MR) is 154 cm³/mol. The van der Waals surface area contributed by atoms with Crippen molar-refractivity contribution in [3.05, 3.63) is 24.2 Å². The molecule has 5 aliphatic rings. The molecule has 2 aliphatic carbocycles. The van der Waals surface area contributed by atoms with Crippen molar-refractivity contribution in [2.75, 3.05) is 13.2 Å². The summed E-state index contributed by atoms with van der Waals surface area (Å²) in [7, 11) is 0. The van der Waals surface area contributed by atoms with Crippen LogP contribution in [0.3, 0.4) is 0 Å². The molecule has 7 N–H and O–H groups in total. The number of rotatable bonds is 7. The Hall–Kier alpha value is -2.47. The summed E-state index contributed by atoms with van der Waals surface area (Å²) in [4.78, 5) is 39.8. The monoisotopic (exact) mass is 668 g/mol. The average Bonchev–Trinajstić information content (AvgIpc) is 3.57. The molecule has 4 heterocycles. The van der Waals surface area contributed by atoms with Crippen LogP contribution in [0.5, 0.6) is 0 Å². The minimum Gasteiger partial charge on any atom is -0.479 e. The highest BCUT2D eigenvalue weighted by atomic mass is 16.7. The smallest absolute Gasteiger partial charge is 0.335 e. The molecule has 47 heavy (non-hydrogen) atoms. The Morgan fingerprint density at radius 1 is 1.11 bits per heavy atom. The summed E-state index contributed by atoms with van der Waals surface area (Å²) in [5, 5.41) is 75.1. The van der Waals surface area contributed by atoms with Crippen LogP contribution in [0.1, 0.15) is 65.0 Å². The van der Waals surface area contributed by atoms with Gasteiger partial charge >= 0.3 is 11.9 Å². The van der Waals surface area contributed by atoms with Crippen molar-refractivity contribution >= 4 is 17.7 Å². The molecule has 15 heteroatoms. The van der Waals surface area contributed by atoms with E-state index in [9.17, 15) is 50.1 Å². The number of fused-ring (bicyclic) bond motifs is 3. The second-order valence-corrected chi connectivity index (χ2v) is 14.9. The zero-order valence-corrected chi connectivity index (χ0v) is 26.6. The van der Waals surface area contributed by atoms with E-state index in [0.29, 0.717) is 5.56 Å². The number of esters is 1. The maximum absolute atomic E-state index is 14.6. The van der Waals surface area contributed by atoms with Crippen LogP contribution < -0.4 is 0 Å². The standard InChI is InChI=1S/C32H44O15/c1-28(2,42)17-9-18(34)30(4)16(31(17)13-44-20(36)10-19(31)35)5-7-29(3,32(30)25(47-32)26(40)41)24(14-6-8-43-12-14)46-27-23(39)22(38)21(37)15(11-33)45-27/h6,8,12,15-17,19,21-25,27,33,35,37-39,42H,5,7,9-11,13H2,1-4H3,(H,40,41)/t15-,16+,17+,19+,21-,22+,23-,24+,25-,27+,29+,30+,31-,32-/m1/s1. The van der Waals surface area contributed by atoms with Gasteiger partial charge < -0.3 is 59.1 Å². The summed E-state index contributed by atoms with van der Waals surface area (Å²) in [5.41, 5.74) is -7.33. The van der Waals surface area contributed by atoms with Crippen LogP contribution in [-0.4, -0.2) is 121 Å². The first-order valence-corrected chi connectivity index (χ1v) is 15.9. The normalized spacial score (nSPS) is 47.4. The number of ether oxygens (including phenoxy) is 4. The van der Waals surface area contributed by atoms with Crippen molar-refractivity contribution < 1.29 is 73.5 Å². The van der Waals surface area contributed by atoms with E-state index in [1.54, 1.807) is 19.9 Å². The molecule has 2 spiro atoms. The third-order valence-corrected chi connectivity index (χ3v) is 12.2. The van der Waals surface area contributed by atoms with Crippen LogP contribution >= 0.6 is 0 Å². The van der Waals surface area contributed by atoms with Gasteiger partial charge in [-0.3, -0.25) is 9.59 Å². The van der Waals surface area contributed by atoms with Crippen molar-refractivity contribution in [2.24, 2.45) is 28.1 Å².